The molecule has 0 bridgehead atoms. The van der Waals surface area contributed by atoms with Gasteiger partial charge in [-0.05, 0) is 42.5 Å². The van der Waals surface area contributed by atoms with Crippen LogP contribution in [-0.2, 0) is 11.3 Å². The zero-order valence-corrected chi connectivity index (χ0v) is 16.7. The minimum atomic E-state index is -0.332. The fourth-order valence-corrected chi connectivity index (χ4v) is 3.56. The summed E-state index contributed by atoms with van der Waals surface area (Å²) >= 11 is 0. The number of pyridine rings is 1. The average Bonchev–Trinajstić information content (AvgIpc) is 3.49. The molecule has 0 unspecified atom stereocenters. The first-order chi connectivity index (χ1) is 15.0. The number of anilines is 3. The van der Waals surface area contributed by atoms with Crippen molar-refractivity contribution in [2.75, 3.05) is 28.6 Å². The third-order valence-electron chi connectivity index (χ3n) is 5.42. The number of benzene rings is 1. The second-order valence-electron chi connectivity index (χ2n) is 7.90. The summed E-state index contributed by atoms with van der Waals surface area (Å²) in [7, 11) is 0. The van der Waals surface area contributed by atoms with Crippen molar-refractivity contribution in [1.82, 2.24) is 14.8 Å². The molecule has 0 saturated heterocycles. The Kier molecular flexibility index (Phi) is 4.85. The second kappa shape index (κ2) is 7.82. The Morgan fingerprint density at radius 1 is 1.23 bits per heavy atom. The second-order valence-corrected chi connectivity index (χ2v) is 7.90. The highest BCUT2D eigenvalue weighted by molar-refractivity contribution is 6.07. The number of hydrogen-bond acceptors (Lipinski definition) is 5. The molecular weight excluding hydrogens is 399 g/mol. The van der Waals surface area contributed by atoms with Crippen molar-refractivity contribution in [1.29, 1.82) is 0 Å². The quantitative estimate of drug-likeness (QED) is 0.640. The van der Waals surface area contributed by atoms with Crippen LogP contribution in [0.1, 0.15) is 28.8 Å². The first-order valence-corrected chi connectivity index (χ1v) is 10.2. The fourth-order valence-electron chi connectivity index (χ4n) is 3.56. The van der Waals surface area contributed by atoms with Crippen LogP contribution in [0.15, 0.2) is 48.9 Å². The topological polar surface area (TPSA) is 92.2 Å². The van der Waals surface area contributed by atoms with E-state index in [1.165, 1.54) is 18.3 Å². The van der Waals surface area contributed by atoms with Gasteiger partial charge in [0.1, 0.15) is 11.6 Å². The first kappa shape index (κ1) is 19.2. The molecule has 1 aromatic carbocycles. The normalized spacial score (nSPS) is 15.4. The third kappa shape index (κ3) is 4.25. The van der Waals surface area contributed by atoms with Gasteiger partial charge in [0.15, 0.2) is 0 Å². The van der Waals surface area contributed by atoms with E-state index >= 15 is 0 Å². The maximum Gasteiger partial charge on any atom is 0.257 e. The van der Waals surface area contributed by atoms with Gasteiger partial charge >= 0.3 is 0 Å². The monoisotopic (exact) mass is 420 g/mol. The highest BCUT2D eigenvalue weighted by Crippen LogP contribution is 2.35. The van der Waals surface area contributed by atoms with Crippen molar-refractivity contribution in [2.24, 2.45) is 5.92 Å². The summed E-state index contributed by atoms with van der Waals surface area (Å²) in [5.41, 5.74) is 2.44. The number of amides is 2. The molecule has 2 aliphatic rings. The predicted molar refractivity (Wildman–Crippen MR) is 113 cm³/mol. The Morgan fingerprint density at radius 3 is 2.81 bits per heavy atom. The van der Waals surface area contributed by atoms with Gasteiger partial charge in [-0.2, -0.15) is 5.10 Å². The number of hydrogen-bond donors (Lipinski definition) is 2. The summed E-state index contributed by atoms with van der Waals surface area (Å²) in [4.78, 5) is 31.2. The smallest absolute Gasteiger partial charge is 0.257 e. The standard InChI is InChI=1S/C22H21FN6O2/c23-17-5-3-14(4-6-17)11-28-13-18(9-26-28)27-22(31)16-7-19-21(24-8-16)25-10-20(30)29(19)12-15-1-2-15/h3-9,13,15H,1-2,10-12H2,(H,24,25)(H,27,31). The largest absolute Gasteiger partial charge is 0.359 e. The van der Waals surface area contributed by atoms with E-state index in [1.54, 1.807) is 40.2 Å². The molecule has 158 valence electrons. The van der Waals surface area contributed by atoms with Gasteiger partial charge < -0.3 is 15.5 Å². The van der Waals surface area contributed by atoms with Gasteiger partial charge in [-0.25, -0.2) is 9.37 Å². The molecule has 2 N–H and O–H groups in total. The van der Waals surface area contributed by atoms with Gasteiger partial charge in [0, 0.05) is 18.9 Å². The SMILES string of the molecule is O=C(Nc1cnn(Cc2ccc(F)cc2)c1)c1cnc2c(c1)N(CC1CC1)C(=O)CN2. The molecule has 9 heteroatoms. The molecule has 2 amide bonds. The van der Waals surface area contributed by atoms with E-state index in [9.17, 15) is 14.0 Å². The van der Waals surface area contributed by atoms with E-state index < -0.39 is 0 Å². The molecule has 1 aliphatic carbocycles. The number of nitrogens with one attached hydrogen (secondary N) is 2. The maximum absolute atomic E-state index is 13.0. The molecule has 3 aromatic rings. The van der Waals surface area contributed by atoms with E-state index in [1.807, 2.05) is 0 Å². The van der Waals surface area contributed by atoms with Gasteiger partial charge in [-0.1, -0.05) is 12.1 Å². The summed E-state index contributed by atoms with van der Waals surface area (Å²) in [6, 6.07) is 7.88. The minimum Gasteiger partial charge on any atom is -0.359 e. The van der Waals surface area contributed by atoms with Gasteiger partial charge in [0.25, 0.3) is 5.91 Å². The van der Waals surface area contributed by atoms with Crippen molar-refractivity contribution < 1.29 is 14.0 Å². The van der Waals surface area contributed by atoms with Crippen molar-refractivity contribution >= 4 is 29.0 Å². The van der Waals surface area contributed by atoms with Gasteiger partial charge in [-0.3, -0.25) is 14.3 Å². The molecule has 1 fully saturated rings. The van der Waals surface area contributed by atoms with Crippen molar-refractivity contribution in [3.05, 3.63) is 65.9 Å². The number of aromatic nitrogens is 3. The summed E-state index contributed by atoms with van der Waals surface area (Å²) in [5, 5.41) is 10.1. The summed E-state index contributed by atoms with van der Waals surface area (Å²) < 4.78 is 14.7. The van der Waals surface area contributed by atoms with Crippen LogP contribution in [0.5, 0.6) is 0 Å². The predicted octanol–water partition coefficient (Wildman–Crippen LogP) is 2.89. The molecule has 2 aromatic heterocycles. The Balaban J connectivity index is 1.29. The van der Waals surface area contributed by atoms with Gasteiger partial charge in [-0.15, -0.1) is 0 Å². The highest BCUT2D eigenvalue weighted by Gasteiger charge is 2.32. The van der Waals surface area contributed by atoms with Crippen LogP contribution < -0.4 is 15.5 Å². The molecule has 0 radical (unpaired) electrons. The van der Waals surface area contributed by atoms with E-state index in [4.69, 9.17) is 0 Å². The molecule has 8 nitrogen and oxygen atoms in total. The van der Waals surface area contributed by atoms with Gasteiger partial charge in [0.2, 0.25) is 5.91 Å². The molecule has 1 saturated carbocycles. The number of fused-ring (bicyclic) bond motifs is 1. The molecule has 31 heavy (non-hydrogen) atoms. The highest BCUT2D eigenvalue weighted by atomic mass is 19.1. The molecule has 1 aliphatic heterocycles. The Morgan fingerprint density at radius 2 is 2.03 bits per heavy atom. The number of carbonyl (C=O) groups is 2. The lowest BCUT2D eigenvalue weighted by Crippen LogP contribution is -2.41. The molecular formula is C22H21FN6O2. The lowest BCUT2D eigenvalue weighted by atomic mass is 10.1. The zero-order valence-electron chi connectivity index (χ0n) is 16.7. The van der Waals surface area contributed by atoms with Crippen LogP contribution in [0, 0.1) is 11.7 Å². The van der Waals surface area contributed by atoms with E-state index in [0.717, 1.165) is 18.4 Å². The zero-order chi connectivity index (χ0) is 21.4. The third-order valence-corrected chi connectivity index (χ3v) is 5.42. The lowest BCUT2D eigenvalue weighted by Gasteiger charge is -2.29. The number of rotatable bonds is 6. The number of nitrogens with zero attached hydrogens (tertiary/aromatic N) is 4. The van der Waals surface area contributed by atoms with E-state index in [2.05, 4.69) is 20.7 Å². The van der Waals surface area contributed by atoms with E-state index in [0.29, 0.717) is 41.8 Å². The molecule has 0 atom stereocenters. The van der Waals surface area contributed by atoms with Crippen molar-refractivity contribution in [2.45, 2.75) is 19.4 Å². The minimum absolute atomic E-state index is 0.0131. The number of halogens is 1. The average molecular weight is 420 g/mol. The summed E-state index contributed by atoms with van der Waals surface area (Å²) in [6.45, 7) is 1.34. The van der Waals surface area contributed by atoms with Gasteiger partial charge in [0.05, 0.1) is 36.2 Å². The van der Waals surface area contributed by atoms with Crippen LogP contribution >= 0.6 is 0 Å². The van der Waals surface area contributed by atoms with Crippen LogP contribution in [0.4, 0.5) is 21.6 Å². The summed E-state index contributed by atoms with van der Waals surface area (Å²) in [6.07, 6.45) is 7.01. The molecule has 3 heterocycles. The van der Waals surface area contributed by atoms with E-state index in [-0.39, 0.29) is 24.2 Å². The van der Waals surface area contributed by atoms with Crippen LogP contribution in [0.3, 0.4) is 0 Å². The Bertz CT molecular complexity index is 1140. The molecule has 0 spiro atoms. The van der Waals surface area contributed by atoms with Crippen LogP contribution in [0.2, 0.25) is 0 Å². The number of carbonyl (C=O) groups excluding carboxylic acids is 2. The Hall–Kier alpha value is -3.75. The van der Waals surface area contributed by atoms with Crippen molar-refractivity contribution in [3.63, 3.8) is 0 Å². The fraction of sp³-hybridized carbons (Fsp3) is 0.273. The maximum atomic E-state index is 13.0. The Labute approximate surface area is 178 Å². The summed E-state index contributed by atoms with van der Waals surface area (Å²) in [5.74, 6) is 0.508. The first-order valence-electron chi connectivity index (χ1n) is 10.2. The lowest BCUT2D eigenvalue weighted by molar-refractivity contribution is -0.117. The van der Waals surface area contributed by atoms with Crippen LogP contribution in [-0.4, -0.2) is 39.7 Å². The van der Waals surface area contributed by atoms with Crippen molar-refractivity contribution in [3.8, 4) is 0 Å². The molecule has 5 rings (SSSR count). The van der Waals surface area contributed by atoms with Crippen LogP contribution in [0.25, 0.3) is 0 Å².